The second-order valence-corrected chi connectivity index (χ2v) is 7.18. The number of hydrogen-bond acceptors (Lipinski definition) is 3. The molecule has 3 heterocycles. The fourth-order valence-corrected chi connectivity index (χ4v) is 4.03. The average Bonchev–Trinajstić information content (AvgIpc) is 3.11. The molecule has 4 nitrogen and oxygen atoms in total. The molecule has 0 saturated carbocycles. The minimum atomic E-state index is 0.708. The summed E-state index contributed by atoms with van der Waals surface area (Å²) in [5.74, 6) is 0.708. The van der Waals surface area contributed by atoms with Gasteiger partial charge in [0.1, 0.15) is 5.52 Å². The molecular formula is C22H22N4. The van der Waals surface area contributed by atoms with Gasteiger partial charge in [0.15, 0.2) is 5.65 Å². The lowest BCUT2D eigenvalue weighted by Gasteiger charge is -2.22. The number of pyridine rings is 1. The first-order valence-corrected chi connectivity index (χ1v) is 9.38. The first-order chi connectivity index (χ1) is 12.9. The van der Waals surface area contributed by atoms with Crippen LogP contribution in [0.3, 0.4) is 0 Å². The molecule has 1 saturated heterocycles. The largest absolute Gasteiger partial charge is 0.317 e. The minimum absolute atomic E-state index is 0.708. The molecule has 26 heavy (non-hydrogen) atoms. The third-order valence-electron chi connectivity index (χ3n) is 5.48. The number of imidazole rings is 1. The zero-order valence-corrected chi connectivity index (χ0v) is 14.7. The first kappa shape index (κ1) is 15.5. The van der Waals surface area contributed by atoms with Gasteiger partial charge in [-0.2, -0.15) is 0 Å². The van der Waals surface area contributed by atoms with Crippen molar-refractivity contribution in [3.8, 4) is 11.1 Å². The van der Waals surface area contributed by atoms with Gasteiger partial charge in [0.25, 0.3) is 0 Å². The number of nitrogens with one attached hydrogen (secondary N) is 1. The highest BCUT2D eigenvalue weighted by molar-refractivity contribution is 5.94. The molecule has 5 rings (SSSR count). The predicted octanol–water partition coefficient (Wildman–Crippen LogP) is 4.25. The molecule has 4 heteroatoms. The third-order valence-corrected chi connectivity index (χ3v) is 5.48. The Labute approximate surface area is 152 Å². The minimum Gasteiger partial charge on any atom is -0.317 e. The SMILES string of the molecule is c1ccc2cc(-c3ccnc4c3ncn4CC3CCNCC3)ccc2c1. The number of hydrogen-bond donors (Lipinski definition) is 1. The Hall–Kier alpha value is -2.72. The van der Waals surface area contributed by atoms with Crippen molar-refractivity contribution in [3.05, 3.63) is 61.1 Å². The van der Waals surface area contributed by atoms with Crippen molar-refractivity contribution in [2.75, 3.05) is 13.1 Å². The van der Waals surface area contributed by atoms with Gasteiger partial charge in [0, 0.05) is 18.3 Å². The van der Waals surface area contributed by atoms with Gasteiger partial charge in [-0.1, -0.05) is 36.4 Å². The predicted molar refractivity (Wildman–Crippen MR) is 106 cm³/mol. The molecule has 2 aromatic heterocycles. The molecule has 0 spiro atoms. The van der Waals surface area contributed by atoms with Crippen LogP contribution in [0.2, 0.25) is 0 Å². The summed E-state index contributed by atoms with van der Waals surface area (Å²) < 4.78 is 2.23. The van der Waals surface area contributed by atoms with Crippen LogP contribution in [0.25, 0.3) is 33.1 Å². The van der Waals surface area contributed by atoms with E-state index in [1.807, 2.05) is 12.5 Å². The van der Waals surface area contributed by atoms with E-state index in [-0.39, 0.29) is 0 Å². The van der Waals surface area contributed by atoms with E-state index < -0.39 is 0 Å². The molecule has 0 unspecified atom stereocenters. The molecule has 0 atom stereocenters. The number of piperidine rings is 1. The Balaban J connectivity index is 1.55. The second-order valence-electron chi connectivity index (χ2n) is 7.18. The van der Waals surface area contributed by atoms with E-state index in [0.717, 1.165) is 36.4 Å². The van der Waals surface area contributed by atoms with E-state index in [9.17, 15) is 0 Å². The van der Waals surface area contributed by atoms with Crippen molar-refractivity contribution < 1.29 is 0 Å². The standard InChI is InChI=1S/C22H22N4/c1-2-4-18-13-19(6-5-17(18)3-1)20-9-12-24-22-21(20)25-15-26(22)14-16-7-10-23-11-8-16/h1-6,9,12-13,15-16,23H,7-8,10-11,14H2. The maximum atomic E-state index is 4.73. The van der Waals surface area contributed by atoms with Crippen LogP contribution in [-0.2, 0) is 6.54 Å². The maximum Gasteiger partial charge on any atom is 0.160 e. The van der Waals surface area contributed by atoms with Crippen molar-refractivity contribution >= 4 is 21.9 Å². The van der Waals surface area contributed by atoms with E-state index in [1.54, 1.807) is 0 Å². The summed E-state index contributed by atoms with van der Waals surface area (Å²) in [5, 5.41) is 5.95. The van der Waals surface area contributed by atoms with Crippen molar-refractivity contribution in [1.29, 1.82) is 0 Å². The lowest BCUT2D eigenvalue weighted by molar-refractivity contribution is 0.336. The van der Waals surface area contributed by atoms with E-state index >= 15 is 0 Å². The Bertz CT molecular complexity index is 1060. The monoisotopic (exact) mass is 342 g/mol. The third kappa shape index (κ3) is 2.76. The van der Waals surface area contributed by atoms with E-state index in [4.69, 9.17) is 4.98 Å². The molecule has 0 amide bonds. The Morgan fingerprint density at radius 3 is 2.69 bits per heavy atom. The average molecular weight is 342 g/mol. The number of fused-ring (bicyclic) bond motifs is 2. The van der Waals surface area contributed by atoms with Gasteiger partial charge >= 0.3 is 0 Å². The van der Waals surface area contributed by atoms with Crippen LogP contribution in [0.15, 0.2) is 61.1 Å². The van der Waals surface area contributed by atoms with Crippen LogP contribution in [0.1, 0.15) is 12.8 Å². The van der Waals surface area contributed by atoms with Gasteiger partial charge in [-0.3, -0.25) is 0 Å². The second kappa shape index (κ2) is 6.54. The number of rotatable bonds is 3. The van der Waals surface area contributed by atoms with Crippen LogP contribution in [0.5, 0.6) is 0 Å². The van der Waals surface area contributed by atoms with E-state index in [0.29, 0.717) is 5.92 Å². The van der Waals surface area contributed by atoms with Gasteiger partial charge in [-0.15, -0.1) is 0 Å². The smallest absolute Gasteiger partial charge is 0.160 e. The van der Waals surface area contributed by atoms with Gasteiger partial charge in [0.05, 0.1) is 6.33 Å². The normalized spacial score (nSPS) is 15.7. The molecule has 1 aliphatic rings. The van der Waals surface area contributed by atoms with Gasteiger partial charge in [0.2, 0.25) is 0 Å². The number of aromatic nitrogens is 3. The Kier molecular flexibility index (Phi) is 3.91. The van der Waals surface area contributed by atoms with Crippen LogP contribution in [0.4, 0.5) is 0 Å². The summed E-state index contributed by atoms with van der Waals surface area (Å²) >= 11 is 0. The molecule has 1 fully saturated rings. The van der Waals surface area contributed by atoms with Gasteiger partial charge in [-0.25, -0.2) is 9.97 Å². The Morgan fingerprint density at radius 2 is 1.81 bits per heavy atom. The molecule has 2 aromatic carbocycles. The summed E-state index contributed by atoms with van der Waals surface area (Å²) in [7, 11) is 0. The summed E-state index contributed by atoms with van der Waals surface area (Å²) in [6, 6.07) is 17.2. The molecule has 1 aliphatic heterocycles. The highest BCUT2D eigenvalue weighted by atomic mass is 15.1. The molecule has 0 radical (unpaired) electrons. The van der Waals surface area contributed by atoms with Crippen molar-refractivity contribution in [3.63, 3.8) is 0 Å². The quantitative estimate of drug-likeness (QED) is 0.605. The number of benzene rings is 2. The molecule has 130 valence electrons. The lowest BCUT2D eigenvalue weighted by Crippen LogP contribution is -2.29. The van der Waals surface area contributed by atoms with Gasteiger partial charge < -0.3 is 9.88 Å². The summed E-state index contributed by atoms with van der Waals surface area (Å²) in [5.41, 5.74) is 4.35. The molecule has 1 N–H and O–H groups in total. The topological polar surface area (TPSA) is 42.7 Å². The summed E-state index contributed by atoms with van der Waals surface area (Å²) in [6.45, 7) is 3.24. The van der Waals surface area contributed by atoms with Crippen molar-refractivity contribution in [2.24, 2.45) is 5.92 Å². The zero-order valence-electron chi connectivity index (χ0n) is 14.7. The van der Waals surface area contributed by atoms with Crippen molar-refractivity contribution in [2.45, 2.75) is 19.4 Å². The summed E-state index contributed by atoms with van der Waals surface area (Å²) in [4.78, 5) is 9.37. The molecule has 4 aromatic rings. The highest BCUT2D eigenvalue weighted by Gasteiger charge is 2.16. The maximum absolute atomic E-state index is 4.73. The van der Waals surface area contributed by atoms with Gasteiger partial charge in [-0.05, 0) is 60.3 Å². The Morgan fingerprint density at radius 1 is 0.962 bits per heavy atom. The fourth-order valence-electron chi connectivity index (χ4n) is 4.03. The molecule has 0 bridgehead atoms. The van der Waals surface area contributed by atoms with Crippen LogP contribution >= 0.6 is 0 Å². The van der Waals surface area contributed by atoms with Crippen molar-refractivity contribution in [1.82, 2.24) is 19.9 Å². The highest BCUT2D eigenvalue weighted by Crippen LogP contribution is 2.29. The fraction of sp³-hybridized carbons (Fsp3) is 0.273. The number of nitrogens with zero attached hydrogens (tertiary/aromatic N) is 3. The lowest BCUT2D eigenvalue weighted by atomic mass is 9.98. The van der Waals surface area contributed by atoms with E-state index in [2.05, 4.69) is 63.4 Å². The van der Waals surface area contributed by atoms with E-state index in [1.165, 1.54) is 29.2 Å². The molecular weight excluding hydrogens is 320 g/mol. The zero-order chi connectivity index (χ0) is 17.3. The van der Waals surface area contributed by atoms with Crippen LogP contribution in [0, 0.1) is 5.92 Å². The van der Waals surface area contributed by atoms with Crippen LogP contribution < -0.4 is 5.32 Å². The molecule has 0 aliphatic carbocycles. The first-order valence-electron chi connectivity index (χ1n) is 9.38. The van der Waals surface area contributed by atoms with Crippen LogP contribution in [-0.4, -0.2) is 27.6 Å². The summed E-state index contributed by atoms with van der Waals surface area (Å²) in [6.07, 6.45) is 6.33.